The molecule has 0 radical (unpaired) electrons. The van der Waals surface area contributed by atoms with E-state index in [9.17, 15) is 14.4 Å². The molecule has 0 fully saturated rings. The summed E-state index contributed by atoms with van der Waals surface area (Å²) in [7, 11) is 0. The molecule has 0 aromatic rings. The number of ether oxygens (including phenoxy) is 3. The second-order valence-corrected chi connectivity index (χ2v) is 6.83. The first-order valence-corrected chi connectivity index (χ1v) is 10.9. The molecule has 0 saturated carbocycles. The van der Waals surface area contributed by atoms with Gasteiger partial charge in [0, 0.05) is 19.6 Å². The number of amides is 4. The minimum absolute atomic E-state index is 0.0310. The Morgan fingerprint density at radius 2 is 1.44 bits per heavy atom. The summed E-state index contributed by atoms with van der Waals surface area (Å²) in [5.74, 6) is 0. The van der Waals surface area contributed by atoms with Crippen LogP contribution in [0.1, 0.15) is 51.4 Å². The first kappa shape index (κ1) is 28.8. The molecule has 10 nitrogen and oxygen atoms in total. The molecule has 2 N–H and O–H groups in total. The third-order valence-corrected chi connectivity index (χ3v) is 4.21. The number of alkyl carbamates (subject to hydrolysis) is 1. The van der Waals surface area contributed by atoms with Gasteiger partial charge >= 0.3 is 18.2 Å². The monoisotopic (exact) mass is 452 g/mol. The Morgan fingerprint density at radius 3 is 2.09 bits per heavy atom. The molecule has 32 heavy (non-hydrogen) atoms. The van der Waals surface area contributed by atoms with E-state index in [0.717, 1.165) is 49.8 Å². The van der Waals surface area contributed by atoms with Gasteiger partial charge in [-0.05, 0) is 32.1 Å². The third kappa shape index (κ3) is 16.6. The Bertz CT molecular complexity index is 606. The zero-order valence-corrected chi connectivity index (χ0v) is 18.8. The van der Waals surface area contributed by atoms with Crippen LogP contribution in [0.25, 0.3) is 0 Å². The average molecular weight is 453 g/mol. The average Bonchev–Trinajstić information content (AvgIpc) is 2.79. The Balaban J connectivity index is 4.08. The topological polar surface area (TPSA) is 130 Å². The van der Waals surface area contributed by atoms with E-state index in [0.29, 0.717) is 26.1 Å². The molecule has 0 heterocycles. The van der Waals surface area contributed by atoms with Gasteiger partial charge in [-0.3, -0.25) is 0 Å². The number of unbranched alkanes of at least 4 members (excludes halogenated alkanes) is 6. The minimum Gasteiger partial charge on any atom is -0.445 e. The number of hydrogen-bond donors (Lipinski definition) is 2. The van der Waals surface area contributed by atoms with Crippen molar-refractivity contribution in [2.24, 2.45) is 0 Å². The van der Waals surface area contributed by atoms with Crippen molar-refractivity contribution in [3.05, 3.63) is 25.3 Å². The molecule has 180 valence electrons. The maximum Gasteiger partial charge on any atom is 0.418 e. The van der Waals surface area contributed by atoms with Crippen LogP contribution in [-0.4, -0.2) is 62.6 Å². The lowest BCUT2D eigenvalue weighted by Gasteiger charge is -2.20. The van der Waals surface area contributed by atoms with Crippen LogP contribution in [0.4, 0.5) is 14.4 Å². The Labute approximate surface area is 190 Å². The SMILES string of the molecule is C=CCOC(=O)NCCCCCCNC(=O)N(CCCCCCOC#N)C(=O)OCC=C. The highest BCUT2D eigenvalue weighted by molar-refractivity contribution is 5.90. The van der Waals surface area contributed by atoms with Crippen molar-refractivity contribution in [2.45, 2.75) is 51.4 Å². The number of carbonyl (C=O) groups is 3. The van der Waals surface area contributed by atoms with E-state index in [2.05, 4.69) is 28.5 Å². The molecule has 0 saturated heterocycles. The van der Waals surface area contributed by atoms with E-state index in [1.165, 1.54) is 12.2 Å². The minimum atomic E-state index is -0.704. The van der Waals surface area contributed by atoms with Gasteiger partial charge in [-0.2, -0.15) is 5.26 Å². The normalized spacial score (nSPS) is 9.72. The molecule has 0 rings (SSSR count). The van der Waals surface area contributed by atoms with Gasteiger partial charge in [0.1, 0.15) is 19.8 Å². The summed E-state index contributed by atoms with van der Waals surface area (Å²) in [4.78, 5) is 36.9. The largest absolute Gasteiger partial charge is 0.445 e. The summed E-state index contributed by atoms with van der Waals surface area (Å²) in [6, 6.07) is -0.487. The summed E-state index contributed by atoms with van der Waals surface area (Å²) < 4.78 is 14.4. The Hall–Kier alpha value is -3.22. The summed E-state index contributed by atoms with van der Waals surface area (Å²) in [5.41, 5.74) is 0. The molecule has 0 aromatic heterocycles. The number of nitriles is 1. The quantitative estimate of drug-likeness (QED) is 0.183. The van der Waals surface area contributed by atoms with Crippen molar-refractivity contribution in [1.29, 1.82) is 5.26 Å². The summed E-state index contributed by atoms with van der Waals surface area (Å²) in [6.45, 7) is 8.75. The van der Waals surface area contributed by atoms with Crippen LogP contribution in [0.5, 0.6) is 0 Å². The van der Waals surface area contributed by atoms with E-state index in [4.69, 9.17) is 14.7 Å². The van der Waals surface area contributed by atoms with E-state index in [1.54, 1.807) is 6.26 Å². The second kappa shape index (κ2) is 21.0. The Morgan fingerprint density at radius 1 is 0.844 bits per heavy atom. The van der Waals surface area contributed by atoms with Crippen molar-refractivity contribution >= 4 is 18.2 Å². The molecule has 0 atom stereocenters. The van der Waals surface area contributed by atoms with Crippen molar-refractivity contribution < 1.29 is 28.6 Å². The molecule has 0 aliphatic carbocycles. The highest BCUT2D eigenvalue weighted by Gasteiger charge is 2.21. The van der Waals surface area contributed by atoms with Crippen LogP contribution >= 0.6 is 0 Å². The molecular formula is C22H36N4O6. The number of rotatable bonds is 18. The lowest BCUT2D eigenvalue weighted by atomic mass is 10.2. The fourth-order valence-corrected chi connectivity index (χ4v) is 2.60. The molecule has 0 unspecified atom stereocenters. The highest BCUT2D eigenvalue weighted by atomic mass is 16.6. The maximum absolute atomic E-state index is 12.4. The van der Waals surface area contributed by atoms with Gasteiger partial charge in [0.25, 0.3) is 6.26 Å². The van der Waals surface area contributed by atoms with E-state index < -0.39 is 18.2 Å². The molecule has 0 bridgehead atoms. The molecule has 4 amide bonds. The van der Waals surface area contributed by atoms with Crippen LogP contribution in [0.3, 0.4) is 0 Å². The molecule has 0 aromatic carbocycles. The van der Waals surface area contributed by atoms with Gasteiger partial charge in [-0.15, -0.1) is 0 Å². The maximum atomic E-state index is 12.4. The number of carbonyl (C=O) groups excluding carboxylic acids is 3. The zero-order valence-electron chi connectivity index (χ0n) is 18.8. The lowest BCUT2D eigenvalue weighted by Crippen LogP contribution is -2.45. The van der Waals surface area contributed by atoms with E-state index in [-0.39, 0.29) is 19.8 Å². The van der Waals surface area contributed by atoms with Crippen LogP contribution in [0.15, 0.2) is 25.3 Å². The predicted octanol–water partition coefficient (Wildman–Crippen LogP) is 3.85. The fourth-order valence-electron chi connectivity index (χ4n) is 2.60. The van der Waals surface area contributed by atoms with Crippen molar-refractivity contribution in [3.8, 4) is 6.26 Å². The van der Waals surface area contributed by atoms with Crippen LogP contribution in [-0.2, 0) is 14.2 Å². The third-order valence-electron chi connectivity index (χ3n) is 4.21. The smallest absolute Gasteiger partial charge is 0.418 e. The first-order valence-electron chi connectivity index (χ1n) is 10.9. The van der Waals surface area contributed by atoms with Gasteiger partial charge < -0.3 is 24.8 Å². The van der Waals surface area contributed by atoms with Crippen LogP contribution in [0.2, 0.25) is 0 Å². The van der Waals surface area contributed by atoms with Crippen LogP contribution in [0, 0.1) is 11.5 Å². The van der Waals surface area contributed by atoms with Crippen molar-refractivity contribution in [3.63, 3.8) is 0 Å². The van der Waals surface area contributed by atoms with Crippen molar-refractivity contribution in [1.82, 2.24) is 15.5 Å². The second-order valence-electron chi connectivity index (χ2n) is 6.83. The van der Waals surface area contributed by atoms with Gasteiger partial charge in [-0.1, -0.05) is 44.6 Å². The van der Waals surface area contributed by atoms with Gasteiger partial charge in [0.05, 0.1) is 0 Å². The summed E-state index contributed by atoms with van der Waals surface area (Å²) >= 11 is 0. The van der Waals surface area contributed by atoms with E-state index >= 15 is 0 Å². The van der Waals surface area contributed by atoms with E-state index in [1.807, 2.05) is 0 Å². The number of nitrogens with one attached hydrogen (secondary N) is 2. The number of urea groups is 1. The lowest BCUT2D eigenvalue weighted by molar-refractivity contribution is 0.118. The summed E-state index contributed by atoms with van der Waals surface area (Å²) in [6.07, 6.45) is 9.71. The molecule has 0 spiro atoms. The number of imide groups is 1. The number of hydrogen-bond acceptors (Lipinski definition) is 7. The zero-order chi connectivity index (χ0) is 23.9. The van der Waals surface area contributed by atoms with Crippen molar-refractivity contribution in [2.75, 3.05) is 39.5 Å². The molecular weight excluding hydrogens is 416 g/mol. The predicted molar refractivity (Wildman–Crippen MR) is 120 cm³/mol. The Kier molecular flexibility index (Phi) is 18.9. The van der Waals surface area contributed by atoms with Gasteiger partial charge in [0.2, 0.25) is 0 Å². The first-order chi connectivity index (χ1) is 15.6. The van der Waals surface area contributed by atoms with Crippen LogP contribution < -0.4 is 10.6 Å². The molecule has 0 aliphatic heterocycles. The highest BCUT2D eigenvalue weighted by Crippen LogP contribution is 2.05. The molecule has 10 heteroatoms. The van der Waals surface area contributed by atoms with Gasteiger partial charge in [-0.25, -0.2) is 19.3 Å². The van der Waals surface area contributed by atoms with Gasteiger partial charge in [0.15, 0.2) is 0 Å². The fraction of sp³-hybridized carbons (Fsp3) is 0.636. The number of nitrogens with zero attached hydrogens (tertiary/aromatic N) is 2. The standard InChI is InChI=1S/C22H36N4O6/c1-3-16-31-21(28)25-14-10-6-5-9-13-24-20(27)26(22(29)32-17-4-2)15-11-7-8-12-18-30-19-23/h3-4H,1-2,5-18H2,(H,24,27)(H,25,28). The molecule has 0 aliphatic rings. The summed E-state index contributed by atoms with van der Waals surface area (Å²) in [5, 5.41) is 13.7.